The number of ether oxygens (including phenoxy) is 1. The number of amides is 1. The van der Waals surface area contributed by atoms with Crippen LogP contribution in [0.5, 0.6) is 5.75 Å². The molecule has 2 rings (SSSR count). The van der Waals surface area contributed by atoms with Crippen LogP contribution >= 0.6 is 11.6 Å². The van der Waals surface area contributed by atoms with Crippen LogP contribution in [0.1, 0.15) is 25.3 Å². The lowest BCUT2D eigenvalue weighted by atomic mass is 10.1. The van der Waals surface area contributed by atoms with Gasteiger partial charge in [0.1, 0.15) is 5.75 Å². The molecule has 2 aromatic carbocycles. The van der Waals surface area contributed by atoms with Crippen LogP contribution in [0.4, 0.5) is 0 Å². The van der Waals surface area contributed by atoms with Gasteiger partial charge in [0, 0.05) is 11.6 Å². The van der Waals surface area contributed by atoms with Crippen LogP contribution in [-0.2, 0) is 11.2 Å². The van der Waals surface area contributed by atoms with E-state index in [1.165, 1.54) is 5.56 Å². The predicted molar refractivity (Wildman–Crippen MR) is 93.9 cm³/mol. The number of carbonyl (C=O) groups excluding carboxylic acids is 1. The molecule has 0 saturated carbocycles. The highest BCUT2D eigenvalue weighted by atomic mass is 35.5. The SMILES string of the molecule is CCC(Oc1ccccc1)C(=O)NCCCc1ccc(Cl)cc1. The first-order valence-electron chi connectivity index (χ1n) is 7.93. The van der Waals surface area contributed by atoms with Crippen molar-refractivity contribution in [2.75, 3.05) is 6.54 Å². The highest BCUT2D eigenvalue weighted by Crippen LogP contribution is 2.13. The van der Waals surface area contributed by atoms with Crippen molar-refractivity contribution in [3.63, 3.8) is 0 Å². The zero-order valence-electron chi connectivity index (χ0n) is 13.3. The van der Waals surface area contributed by atoms with Crippen LogP contribution in [0.3, 0.4) is 0 Å². The molecule has 0 aliphatic rings. The molecule has 0 heterocycles. The Kier molecular flexibility index (Phi) is 6.95. The smallest absolute Gasteiger partial charge is 0.261 e. The van der Waals surface area contributed by atoms with Gasteiger partial charge >= 0.3 is 0 Å². The fourth-order valence-corrected chi connectivity index (χ4v) is 2.38. The average Bonchev–Trinajstić information content (AvgIpc) is 2.59. The van der Waals surface area contributed by atoms with Gasteiger partial charge in [0.05, 0.1) is 0 Å². The Morgan fingerprint density at radius 3 is 2.48 bits per heavy atom. The zero-order valence-corrected chi connectivity index (χ0v) is 14.1. The molecule has 3 nitrogen and oxygen atoms in total. The first kappa shape index (κ1) is 17.4. The number of hydrogen-bond donors (Lipinski definition) is 1. The van der Waals surface area contributed by atoms with Gasteiger partial charge in [-0.05, 0) is 49.1 Å². The van der Waals surface area contributed by atoms with E-state index in [4.69, 9.17) is 16.3 Å². The summed E-state index contributed by atoms with van der Waals surface area (Å²) in [5, 5.41) is 3.69. The Labute approximate surface area is 142 Å². The van der Waals surface area contributed by atoms with E-state index in [1.807, 2.05) is 61.5 Å². The second kappa shape index (κ2) is 9.21. The lowest BCUT2D eigenvalue weighted by Gasteiger charge is -2.17. The molecule has 0 aliphatic heterocycles. The van der Waals surface area contributed by atoms with E-state index in [-0.39, 0.29) is 5.91 Å². The summed E-state index contributed by atoms with van der Waals surface area (Å²) in [6.45, 7) is 2.58. The molecule has 0 radical (unpaired) electrons. The average molecular weight is 332 g/mol. The van der Waals surface area contributed by atoms with Gasteiger partial charge in [-0.25, -0.2) is 0 Å². The van der Waals surface area contributed by atoms with Crippen molar-refractivity contribution in [2.24, 2.45) is 0 Å². The molecule has 1 unspecified atom stereocenters. The van der Waals surface area contributed by atoms with Crippen LogP contribution in [-0.4, -0.2) is 18.6 Å². The maximum absolute atomic E-state index is 12.2. The van der Waals surface area contributed by atoms with E-state index < -0.39 is 6.10 Å². The number of hydrogen-bond acceptors (Lipinski definition) is 2. The molecule has 0 saturated heterocycles. The second-order valence-corrected chi connectivity index (χ2v) is 5.79. The second-order valence-electron chi connectivity index (χ2n) is 5.35. The quantitative estimate of drug-likeness (QED) is 0.734. The zero-order chi connectivity index (χ0) is 16.5. The van der Waals surface area contributed by atoms with Crippen molar-refractivity contribution in [3.8, 4) is 5.75 Å². The van der Waals surface area contributed by atoms with Gasteiger partial charge in [-0.15, -0.1) is 0 Å². The maximum atomic E-state index is 12.2. The fraction of sp³-hybridized carbons (Fsp3) is 0.316. The molecule has 1 amide bonds. The van der Waals surface area contributed by atoms with E-state index in [1.54, 1.807) is 0 Å². The van der Waals surface area contributed by atoms with Crippen LogP contribution < -0.4 is 10.1 Å². The summed E-state index contributed by atoms with van der Waals surface area (Å²) in [5.41, 5.74) is 1.22. The molecule has 0 fully saturated rings. The van der Waals surface area contributed by atoms with E-state index in [0.717, 1.165) is 23.6 Å². The van der Waals surface area contributed by atoms with Gasteiger partial charge in [-0.1, -0.05) is 48.9 Å². The van der Waals surface area contributed by atoms with Crippen molar-refractivity contribution in [2.45, 2.75) is 32.3 Å². The molecule has 23 heavy (non-hydrogen) atoms. The van der Waals surface area contributed by atoms with Crippen LogP contribution in [0.15, 0.2) is 54.6 Å². The van der Waals surface area contributed by atoms with E-state index in [0.29, 0.717) is 13.0 Å². The standard InChI is InChI=1S/C19H22ClNO2/c1-2-18(23-17-8-4-3-5-9-17)19(22)21-14-6-7-15-10-12-16(20)13-11-15/h3-5,8-13,18H,2,6-7,14H2,1H3,(H,21,22). The topological polar surface area (TPSA) is 38.3 Å². The maximum Gasteiger partial charge on any atom is 0.261 e. The molecule has 0 bridgehead atoms. The first-order chi connectivity index (χ1) is 11.2. The Morgan fingerprint density at radius 2 is 1.83 bits per heavy atom. The van der Waals surface area contributed by atoms with Gasteiger partial charge in [-0.2, -0.15) is 0 Å². The van der Waals surface area contributed by atoms with Gasteiger partial charge in [-0.3, -0.25) is 4.79 Å². The molecule has 1 N–H and O–H groups in total. The highest BCUT2D eigenvalue weighted by Gasteiger charge is 2.17. The van der Waals surface area contributed by atoms with Gasteiger partial charge in [0.15, 0.2) is 6.10 Å². The molecule has 2 aromatic rings. The van der Waals surface area contributed by atoms with Gasteiger partial charge < -0.3 is 10.1 Å². The molecule has 1 atom stereocenters. The number of para-hydroxylation sites is 1. The largest absolute Gasteiger partial charge is 0.481 e. The van der Waals surface area contributed by atoms with Crippen molar-refractivity contribution >= 4 is 17.5 Å². The van der Waals surface area contributed by atoms with E-state index in [2.05, 4.69) is 5.32 Å². The number of rotatable bonds is 8. The minimum Gasteiger partial charge on any atom is -0.481 e. The Morgan fingerprint density at radius 1 is 1.13 bits per heavy atom. The lowest BCUT2D eigenvalue weighted by molar-refractivity contribution is -0.128. The third kappa shape index (κ3) is 5.95. The minimum atomic E-state index is -0.451. The third-order valence-corrected chi connectivity index (χ3v) is 3.79. The summed E-state index contributed by atoms with van der Waals surface area (Å²) in [6.07, 6.45) is 1.98. The molecule has 4 heteroatoms. The summed E-state index contributed by atoms with van der Waals surface area (Å²) in [5.74, 6) is 0.656. The van der Waals surface area contributed by atoms with Crippen LogP contribution in [0.2, 0.25) is 5.02 Å². The van der Waals surface area contributed by atoms with Crippen molar-refractivity contribution in [1.29, 1.82) is 0 Å². The minimum absolute atomic E-state index is 0.0625. The summed E-state index contributed by atoms with van der Waals surface area (Å²) in [6, 6.07) is 17.2. The van der Waals surface area contributed by atoms with E-state index >= 15 is 0 Å². The number of aryl methyl sites for hydroxylation is 1. The summed E-state index contributed by atoms with van der Waals surface area (Å²) in [4.78, 5) is 12.2. The van der Waals surface area contributed by atoms with Crippen molar-refractivity contribution < 1.29 is 9.53 Å². The molecule has 0 aromatic heterocycles. The van der Waals surface area contributed by atoms with Crippen LogP contribution in [0, 0.1) is 0 Å². The molecule has 0 spiro atoms. The van der Waals surface area contributed by atoms with Crippen molar-refractivity contribution in [3.05, 3.63) is 65.2 Å². The number of nitrogens with one attached hydrogen (secondary N) is 1. The Bertz CT molecular complexity index is 599. The fourth-order valence-electron chi connectivity index (χ4n) is 2.25. The molecule has 122 valence electrons. The molecular weight excluding hydrogens is 310 g/mol. The third-order valence-electron chi connectivity index (χ3n) is 3.54. The van der Waals surface area contributed by atoms with Crippen molar-refractivity contribution in [1.82, 2.24) is 5.32 Å². The summed E-state index contributed by atoms with van der Waals surface area (Å²) in [7, 11) is 0. The number of halogens is 1. The number of benzene rings is 2. The van der Waals surface area contributed by atoms with Crippen LogP contribution in [0.25, 0.3) is 0 Å². The monoisotopic (exact) mass is 331 g/mol. The Balaban J connectivity index is 1.73. The van der Waals surface area contributed by atoms with Gasteiger partial charge in [0.2, 0.25) is 0 Å². The van der Waals surface area contributed by atoms with Gasteiger partial charge in [0.25, 0.3) is 5.91 Å². The predicted octanol–water partition coefficient (Wildman–Crippen LogP) is 4.25. The summed E-state index contributed by atoms with van der Waals surface area (Å²) < 4.78 is 5.73. The highest BCUT2D eigenvalue weighted by molar-refractivity contribution is 6.30. The number of carbonyl (C=O) groups is 1. The lowest BCUT2D eigenvalue weighted by Crippen LogP contribution is -2.38. The molecule has 0 aliphatic carbocycles. The van der Waals surface area contributed by atoms with E-state index in [9.17, 15) is 4.79 Å². The normalized spacial score (nSPS) is 11.7. The Hall–Kier alpha value is -2.00. The molecular formula is C19H22ClNO2. The summed E-state index contributed by atoms with van der Waals surface area (Å²) >= 11 is 5.86. The first-order valence-corrected chi connectivity index (χ1v) is 8.30.